The van der Waals surface area contributed by atoms with Gasteiger partial charge >= 0.3 is 0 Å². The molecule has 0 spiro atoms. The quantitative estimate of drug-likeness (QED) is 0.777. The van der Waals surface area contributed by atoms with Crippen molar-refractivity contribution >= 4 is 10.8 Å². The fourth-order valence-electron chi connectivity index (χ4n) is 3.04. The zero-order valence-electron chi connectivity index (χ0n) is 12.7. The molecule has 106 valence electrons. The second-order valence-corrected chi connectivity index (χ2v) is 5.47. The zero-order valence-corrected chi connectivity index (χ0v) is 12.7. The predicted molar refractivity (Wildman–Crippen MR) is 88.6 cm³/mol. The number of aromatic nitrogens is 1. The molecule has 0 fully saturated rings. The number of fused-ring (bicyclic) bond motifs is 1. The second kappa shape index (κ2) is 5.66. The summed E-state index contributed by atoms with van der Waals surface area (Å²) in [4.78, 5) is 4.48. The number of hydrogen-bond donors (Lipinski definition) is 1. The molecule has 1 unspecified atom stereocenters. The minimum atomic E-state index is 0.177. The molecule has 1 N–H and O–H groups in total. The molecule has 0 bridgehead atoms. The Hall–Kier alpha value is -2.19. The van der Waals surface area contributed by atoms with Gasteiger partial charge in [-0.3, -0.25) is 4.98 Å². The second-order valence-electron chi connectivity index (χ2n) is 5.47. The molecule has 0 aliphatic heterocycles. The van der Waals surface area contributed by atoms with Crippen molar-refractivity contribution in [1.82, 2.24) is 10.3 Å². The number of hydrogen-bond acceptors (Lipinski definition) is 2. The van der Waals surface area contributed by atoms with Crippen LogP contribution in [-0.2, 0) is 0 Å². The fourth-order valence-corrected chi connectivity index (χ4v) is 3.04. The Labute approximate surface area is 125 Å². The first-order valence-corrected chi connectivity index (χ1v) is 7.29. The summed E-state index contributed by atoms with van der Waals surface area (Å²) in [5.41, 5.74) is 4.69. The highest BCUT2D eigenvalue weighted by Crippen LogP contribution is 2.29. The van der Waals surface area contributed by atoms with Crippen LogP contribution in [0.15, 0.2) is 54.6 Å². The van der Waals surface area contributed by atoms with E-state index in [1.165, 1.54) is 21.9 Å². The van der Waals surface area contributed by atoms with Crippen molar-refractivity contribution in [3.05, 3.63) is 77.1 Å². The maximum atomic E-state index is 4.48. The van der Waals surface area contributed by atoms with E-state index < -0.39 is 0 Å². The minimum Gasteiger partial charge on any atom is -0.309 e. The summed E-state index contributed by atoms with van der Waals surface area (Å²) in [7, 11) is 2.01. The van der Waals surface area contributed by atoms with Gasteiger partial charge in [-0.15, -0.1) is 0 Å². The predicted octanol–water partition coefficient (Wildman–Crippen LogP) is 4.16. The lowest BCUT2D eigenvalue weighted by atomic mass is 9.93. The SMILES string of the molecule is CNC(c1cc(C)nc(C)c1)c1cccc2ccccc12. The summed E-state index contributed by atoms with van der Waals surface area (Å²) in [6.07, 6.45) is 0. The molecule has 2 aromatic carbocycles. The molecule has 3 aromatic rings. The van der Waals surface area contributed by atoms with Crippen molar-refractivity contribution < 1.29 is 0 Å². The monoisotopic (exact) mass is 276 g/mol. The highest BCUT2D eigenvalue weighted by molar-refractivity contribution is 5.86. The van der Waals surface area contributed by atoms with Crippen molar-refractivity contribution in [2.75, 3.05) is 7.05 Å². The van der Waals surface area contributed by atoms with E-state index in [1.54, 1.807) is 0 Å². The van der Waals surface area contributed by atoms with Crippen molar-refractivity contribution in [2.45, 2.75) is 19.9 Å². The van der Waals surface area contributed by atoms with E-state index >= 15 is 0 Å². The van der Waals surface area contributed by atoms with E-state index in [1.807, 2.05) is 20.9 Å². The van der Waals surface area contributed by atoms with Gasteiger partial charge in [0.25, 0.3) is 0 Å². The topological polar surface area (TPSA) is 24.9 Å². The van der Waals surface area contributed by atoms with Crippen molar-refractivity contribution in [3.8, 4) is 0 Å². The molecule has 0 amide bonds. The molecule has 21 heavy (non-hydrogen) atoms. The van der Waals surface area contributed by atoms with E-state index in [2.05, 4.69) is 64.9 Å². The van der Waals surface area contributed by atoms with Crippen LogP contribution in [0.3, 0.4) is 0 Å². The molecule has 1 heterocycles. The molecular weight excluding hydrogens is 256 g/mol. The van der Waals surface area contributed by atoms with Gasteiger partial charge in [0.15, 0.2) is 0 Å². The third kappa shape index (κ3) is 2.67. The number of nitrogens with zero attached hydrogens (tertiary/aromatic N) is 1. The Morgan fingerprint density at radius 2 is 1.57 bits per heavy atom. The van der Waals surface area contributed by atoms with Gasteiger partial charge in [-0.05, 0) is 54.9 Å². The molecule has 1 aromatic heterocycles. The van der Waals surface area contributed by atoms with E-state index in [4.69, 9.17) is 0 Å². The van der Waals surface area contributed by atoms with Crippen LogP contribution in [0.25, 0.3) is 10.8 Å². The standard InChI is InChI=1S/C19H20N2/c1-13-11-16(12-14(2)21-13)19(20-3)18-10-6-8-15-7-4-5-9-17(15)18/h4-12,19-20H,1-3H3. The third-order valence-corrected chi connectivity index (χ3v) is 3.86. The maximum Gasteiger partial charge on any atom is 0.0581 e. The average molecular weight is 276 g/mol. The summed E-state index contributed by atoms with van der Waals surface area (Å²) in [6.45, 7) is 4.10. The van der Waals surface area contributed by atoms with E-state index in [0.29, 0.717) is 0 Å². The van der Waals surface area contributed by atoms with Crippen LogP contribution in [0.5, 0.6) is 0 Å². The summed E-state index contributed by atoms with van der Waals surface area (Å²) < 4.78 is 0. The molecule has 1 atom stereocenters. The third-order valence-electron chi connectivity index (χ3n) is 3.86. The van der Waals surface area contributed by atoms with Gasteiger partial charge in [0, 0.05) is 11.4 Å². The highest BCUT2D eigenvalue weighted by atomic mass is 14.9. The van der Waals surface area contributed by atoms with Crippen LogP contribution in [0.4, 0.5) is 0 Å². The van der Waals surface area contributed by atoms with Crippen LogP contribution >= 0.6 is 0 Å². The summed E-state index contributed by atoms with van der Waals surface area (Å²) in [5, 5.41) is 6.03. The molecule has 0 aliphatic carbocycles. The van der Waals surface area contributed by atoms with Gasteiger partial charge in [0.1, 0.15) is 0 Å². The Kier molecular flexibility index (Phi) is 3.72. The first-order valence-electron chi connectivity index (χ1n) is 7.29. The van der Waals surface area contributed by atoms with Crippen LogP contribution in [0.1, 0.15) is 28.6 Å². The van der Waals surface area contributed by atoms with E-state index in [9.17, 15) is 0 Å². The largest absolute Gasteiger partial charge is 0.309 e. The summed E-state index contributed by atoms with van der Waals surface area (Å²) >= 11 is 0. The Balaban J connectivity index is 2.18. The summed E-state index contributed by atoms with van der Waals surface area (Å²) in [6, 6.07) is 19.5. The van der Waals surface area contributed by atoms with Gasteiger partial charge in [-0.1, -0.05) is 42.5 Å². The van der Waals surface area contributed by atoms with Crippen molar-refractivity contribution in [3.63, 3.8) is 0 Å². The highest BCUT2D eigenvalue weighted by Gasteiger charge is 2.15. The smallest absolute Gasteiger partial charge is 0.0581 e. The Morgan fingerprint density at radius 1 is 0.905 bits per heavy atom. The normalized spacial score (nSPS) is 12.5. The lowest BCUT2D eigenvalue weighted by Gasteiger charge is -2.20. The van der Waals surface area contributed by atoms with E-state index in [0.717, 1.165) is 11.4 Å². The molecular formula is C19H20N2. The van der Waals surface area contributed by atoms with Gasteiger partial charge in [0.05, 0.1) is 6.04 Å². The maximum absolute atomic E-state index is 4.48. The van der Waals surface area contributed by atoms with Crippen molar-refractivity contribution in [1.29, 1.82) is 0 Å². The molecule has 0 saturated heterocycles. The van der Waals surface area contributed by atoms with Gasteiger partial charge in [-0.2, -0.15) is 0 Å². The molecule has 2 heteroatoms. The average Bonchev–Trinajstić information content (AvgIpc) is 2.47. The van der Waals surface area contributed by atoms with Gasteiger partial charge < -0.3 is 5.32 Å². The summed E-state index contributed by atoms with van der Waals surface area (Å²) in [5.74, 6) is 0. The molecule has 0 aliphatic rings. The van der Waals surface area contributed by atoms with Crippen LogP contribution < -0.4 is 5.32 Å². The fraction of sp³-hybridized carbons (Fsp3) is 0.211. The van der Waals surface area contributed by atoms with Crippen LogP contribution in [-0.4, -0.2) is 12.0 Å². The zero-order chi connectivity index (χ0) is 14.8. The Bertz CT molecular complexity index is 752. The number of benzene rings is 2. The number of pyridine rings is 1. The first kappa shape index (κ1) is 13.8. The molecule has 2 nitrogen and oxygen atoms in total. The lowest BCUT2D eigenvalue weighted by Crippen LogP contribution is -2.18. The number of nitrogens with one attached hydrogen (secondary N) is 1. The van der Waals surface area contributed by atoms with E-state index in [-0.39, 0.29) is 6.04 Å². The minimum absolute atomic E-state index is 0.177. The van der Waals surface area contributed by atoms with Gasteiger partial charge in [-0.25, -0.2) is 0 Å². The first-order chi connectivity index (χ1) is 10.2. The number of rotatable bonds is 3. The molecule has 3 rings (SSSR count). The van der Waals surface area contributed by atoms with Crippen molar-refractivity contribution in [2.24, 2.45) is 0 Å². The Morgan fingerprint density at radius 3 is 2.29 bits per heavy atom. The van der Waals surface area contributed by atoms with Crippen LogP contribution in [0, 0.1) is 13.8 Å². The molecule has 0 radical (unpaired) electrons. The lowest BCUT2D eigenvalue weighted by molar-refractivity contribution is 0.693. The number of aryl methyl sites for hydroxylation is 2. The van der Waals surface area contributed by atoms with Gasteiger partial charge in [0.2, 0.25) is 0 Å². The molecule has 0 saturated carbocycles. The van der Waals surface area contributed by atoms with Crippen LogP contribution in [0.2, 0.25) is 0 Å².